The van der Waals surface area contributed by atoms with Gasteiger partial charge < -0.3 is 11.1 Å². The summed E-state index contributed by atoms with van der Waals surface area (Å²) in [6.45, 7) is 9.13. The Bertz CT molecular complexity index is 416. The van der Waals surface area contributed by atoms with E-state index in [0.29, 0.717) is 24.3 Å². The van der Waals surface area contributed by atoms with Gasteiger partial charge in [0.2, 0.25) is 0 Å². The largest absolute Gasteiger partial charge is 0.399 e. The van der Waals surface area contributed by atoms with E-state index < -0.39 is 5.82 Å². The van der Waals surface area contributed by atoms with Crippen LogP contribution in [-0.2, 0) is 0 Å². The third-order valence-corrected chi connectivity index (χ3v) is 3.39. The molecule has 19 heavy (non-hydrogen) atoms. The summed E-state index contributed by atoms with van der Waals surface area (Å²) in [5.41, 5.74) is 6.06. The molecule has 0 aliphatic heterocycles. The molecule has 0 unspecified atom stereocenters. The van der Waals surface area contributed by atoms with Gasteiger partial charge in [-0.05, 0) is 36.0 Å². The molecule has 0 aromatic heterocycles. The number of hydrogen-bond donors (Lipinski definition) is 2. The fourth-order valence-corrected chi connectivity index (χ4v) is 2.30. The van der Waals surface area contributed by atoms with Gasteiger partial charge in [0, 0.05) is 17.8 Å². The molecule has 3 nitrogen and oxygen atoms in total. The number of nitrogen functional groups attached to an aromatic ring is 1. The molecular weight excluding hydrogens is 243 g/mol. The summed E-state index contributed by atoms with van der Waals surface area (Å²) in [7, 11) is 0. The molecule has 1 rings (SSSR count). The van der Waals surface area contributed by atoms with Crippen molar-refractivity contribution in [1.29, 1.82) is 0 Å². The summed E-state index contributed by atoms with van der Waals surface area (Å²) in [4.78, 5) is 12.0. The maximum atomic E-state index is 13.2. The van der Waals surface area contributed by atoms with E-state index in [4.69, 9.17) is 5.73 Å². The van der Waals surface area contributed by atoms with Crippen LogP contribution in [0.1, 0.15) is 38.1 Å². The third-order valence-electron chi connectivity index (χ3n) is 3.39. The van der Waals surface area contributed by atoms with Crippen LogP contribution < -0.4 is 11.1 Å². The standard InChI is InChI=1S/C15H23FN2O/c1-9(2)14(10(3)4)8-18-15(19)11-5-12(16)7-13(17)6-11/h5-7,9-10,14H,8,17H2,1-4H3,(H,18,19). The van der Waals surface area contributed by atoms with Crippen LogP contribution in [0.15, 0.2) is 18.2 Å². The van der Waals surface area contributed by atoms with Crippen molar-refractivity contribution in [2.24, 2.45) is 17.8 Å². The second-order valence-electron chi connectivity index (χ2n) is 5.64. The average molecular weight is 266 g/mol. The van der Waals surface area contributed by atoms with Crippen molar-refractivity contribution >= 4 is 11.6 Å². The van der Waals surface area contributed by atoms with Crippen molar-refractivity contribution in [3.8, 4) is 0 Å². The van der Waals surface area contributed by atoms with Gasteiger partial charge in [0.15, 0.2) is 0 Å². The molecular formula is C15H23FN2O. The lowest BCUT2D eigenvalue weighted by Crippen LogP contribution is -2.34. The highest BCUT2D eigenvalue weighted by Gasteiger charge is 2.18. The third kappa shape index (κ3) is 4.54. The number of rotatable bonds is 5. The Morgan fingerprint density at radius 3 is 2.26 bits per heavy atom. The quantitative estimate of drug-likeness (QED) is 0.805. The summed E-state index contributed by atoms with van der Waals surface area (Å²) in [5, 5.41) is 2.86. The second kappa shape index (κ2) is 6.55. The molecule has 0 atom stereocenters. The van der Waals surface area contributed by atoms with Crippen molar-refractivity contribution in [2.45, 2.75) is 27.7 Å². The van der Waals surface area contributed by atoms with Gasteiger partial charge in [-0.15, -0.1) is 0 Å². The van der Waals surface area contributed by atoms with Crippen LogP contribution in [0.5, 0.6) is 0 Å². The molecule has 4 heteroatoms. The molecule has 1 amide bonds. The van der Waals surface area contributed by atoms with Crippen molar-refractivity contribution in [3.05, 3.63) is 29.6 Å². The number of anilines is 1. The topological polar surface area (TPSA) is 55.1 Å². The SMILES string of the molecule is CC(C)C(CNC(=O)c1cc(N)cc(F)c1)C(C)C. The van der Waals surface area contributed by atoms with Crippen LogP contribution in [0.4, 0.5) is 10.1 Å². The van der Waals surface area contributed by atoms with E-state index in [1.54, 1.807) is 0 Å². The molecule has 1 aromatic rings. The summed E-state index contributed by atoms with van der Waals surface area (Å²) < 4.78 is 13.2. The molecule has 0 fully saturated rings. The molecule has 0 radical (unpaired) electrons. The number of amides is 1. The molecule has 0 spiro atoms. The minimum absolute atomic E-state index is 0.259. The zero-order valence-electron chi connectivity index (χ0n) is 12.0. The Kier molecular flexibility index (Phi) is 5.33. The average Bonchev–Trinajstić information content (AvgIpc) is 2.26. The zero-order valence-corrected chi connectivity index (χ0v) is 12.0. The van der Waals surface area contributed by atoms with Crippen LogP contribution >= 0.6 is 0 Å². The normalized spacial score (nSPS) is 11.4. The highest BCUT2D eigenvalue weighted by molar-refractivity contribution is 5.95. The molecule has 1 aromatic carbocycles. The van der Waals surface area contributed by atoms with Crippen LogP contribution in [-0.4, -0.2) is 12.5 Å². The summed E-state index contributed by atoms with van der Waals surface area (Å²) in [5.74, 6) is 0.595. The first-order valence-corrected chi connectivity index (χ1v) is 6.65. The zero-order chi connectivity index (χ0) is 14.6. The van der Waals surface area contributed by atoms with E-state index >= 15 is 0 Å². The molecule has 3 N–H and O–H groups in total. The predicted molar refractivity (Wildman–Crippen MR) is 76.3 cm³/mol. The number of carbonyl (C=O) groups excluding carboxylic acids is 1. The first-order chi connectivity index (χ1) is 8.81. The van der Waals surface area contributed by atoms with Crippen LogP contribution in [0, 0.1) is 23.6 Å². The van der Waals surface area contributed by atoms with E-state index in [-0.39, 0.29) is 17.2 Å². The number of nitrogens with one attached hydrogen (secondary N) is 1. The second-order valence-corrected chi connectivity index (χ2v) is 5.64. The lowest BCUT2D eigenvalue weighted by molar-refractivity contribution is 0.0937. The van der Waals surface area contributed by atoms with Gasteiger partial charge in [0.1, 0.15) is 5.82 Å². The van der Waals surface area contributed by atoms with Gasteiger partial charge in [0.05, 0.1) is 0 Å². The molecule has 0 aliphatic rings. The smallest absolute Gasteiger partial charge is 0.251 e. The van der Waals surface area contributed by atoms with Gasteiger partial charge in [0.25, 0.3) is 5.91 Å². The van der Waals surface area contributed by atoms with Crippen molar-refractivity contribution in [3.63, 3.8) is 0 Å². The minimum Gasteiger partial charge on any atom is -0.399 e. The minimum atomic E-state index is -0.491. The van der Waals surface area contributed by atoms with Crippen molar-refractivity contribution in [2.75, 3.05) is 12.3 Å². The molecule has 0 saturated carbocycles. The molecule has 106 valence electrons. The van der Waals surface area contributed by atoms with Gasteiger partial charge in [-0.2, -0.15) is 0 Å². The monoisotopic (exact) mass is 266 g/mol. The number of carbonyl (C=O) groups is 1. The van der Waals surface area contributed by atoms with E-state index in [0.717, 1.165) is 0 Å². The van der Waals surface area contributed by atoms with E-state index in [9.17, 15) is 9.18 Å². The lowest BCUT2D eigenvalue weighted by atomic mass is 9.85. The number of hydrogen-bond acceptors (Lipinski definition) is 2. The Morgan fingerprint density at radius 2 is 1.79 bits per heavy atom. The first kappa shape index (κ1) is 15.5. The fraction of sp³-hybridized carbons (Fsp3) is 0.533. The summed E-state index contributed by atoms with van der Waals surface area (Å²) in [6, 6.07) is 3.88. The van der Waals surface area contributed by atoms with Crippen LogP contribution in [0.3, 0.4) is 0 Å². The van der Waals surface area contributed by atoms with Crippen molar-refractivity contribution < 1.29 is 9.18 Å². The summed E-state index contributed by atoms with van der Waals surface area (Å²) in [6.07, 6.45) is 0. The first-order valence-electron chi connectivity index (χ1n) is 6.65. The molecule has 0 aliphatic carbocycles. The van der Waals surface area contributed by atoms with E-state index in [1.807, 2.05) is 0 Å². The Balaban J connectivity index is 2.69. The highest BCUT2D eigenvalue weighted by Crippen LogP contribution is 2.19. The highest BCUT2D eigenvalue weighted by atomic mass is 19.1. The Labute approximate surface area is 114 Å². The van der Waals surface area contributed by atoms with Crippen LogP contribution in [0.25, 0.3) is 0 Å². The van der Waals surface area contributed by atoms with E-state index in [2.05, 4.69) is 33.0 Å². The maximum absolute atomic E-state index is 13.2. The van der Waals surface area contributed by atoms with Gasteiger partial charge in [-0.1, -0.05) is 27.7 Å². The number of halogens is 1. The van der Waals surface area contributed by atoms with Gasteiger partial charge in [-0.3, -0.25) is 4.79 Å². The van der Waals surface area contributed by atoms with E-state index in [1.165, 1.54) is 18.2 Å². The fourth-order valence-electron chi connectivity index (χ4n) is 2.30. The van der Waals surface area contributed by atoms with Gasteiger partial charge in [-0.25, -0.2) is 4.39 Å². The van der Waals surface area contributed by atoms with Gasteiger partial charge >= 0.3 is 0 Å². The number of nitrogens with two attached hydrogens (primary N) is 1. The summed E-state index contributed by atoms with van der Waals surface area (Å²) >= 11 is 0. The molecule has 0 bridgehead atoms. The number of benzene rings is 1. The molecule has 0 saturated heterocycles. The van der Waals surface area contributed by atoms with Crippen molar-refractivity contribution in [1.82, 2.24) is 5.32 Å². The predicted octanol–water partition coefficient (Wildman–Crippen LogP) is 3.07. The Morgan fingerprint density at radius 1 is 1.21 bits per heavy atom. The Hall–Kier alpha value is -1.58. The lowest BCUT2D eigenvalue weighted by Gasteiger charge is -2.25. The maximum Gasteiger partial charge on any atom is 0.251 e. The molecule has 0 heterocycles. The van der Waals surface area contributed by atoms with Crippen LogP contribution in [0.2, 0.25) is 0 Å².